The van der Waals surface area contributed by atoms with Crippen molar-refractivity contribution in [2.45, 2.75) is 4.90 Å². The van der Waals surface area contributed by atoms with E-state index < -0.39 is 5.97 Å². The summed E-state index contributed by atoms with van der Waals surface area (Å²) in [5.74, 6) is -0.526. The third-order valence-electron chi connectivity index (χ3n) is 1.61. The lowest BCUT2D eigenvalue weighted by Gasteiger charge is -2.04. The Hall–Kier alpha value is -1.18. The molecule has 3 nitrogen and oxygen atoms in total. The Morgan fingerprint density at radius 2 is 2.29 bits per heavy atom. The third-order valence-corrected chi connectivity index (χ3v) is 2.29. The summed E-state index contributed by atoms with van der Waals surface area (Å²) in [5, 5.41) is 8.86. The van der Waals surface area contributed by atoms with Crippen LogP contribution in [0.5, 0.6) is 0 Å². The van der Waals surface area contributed by atoms with E-state index in [4.69, 9.17) is 16.9 Å². The van der Waals surface area contributed by atoms with Crippen LogP contribution in [0.3, 0.4) is 0 Å². The van der Waals surface area contributed by atoms with Crippen molar-refractivity contribution >= 4 is 30.2 Å². The highest BCUT2D eigenvalue weighted by Crippen LogP contribution is 2.24. The summed E-state index contributed by atoms with van der Waals surface area (Å²) in [4.78, 5) is 11.5. The van der Waals surface area contributed by atoms with Gasteiger partial charge in [0.2, 0.25) is 0 Å². The van der Waals surface area contributed by atoms with Gasteiger partial charge < -0.3 is 4.74 Å². The van der Waals surface area contributed by atoms with Gasteiger partial charge in [0.15, 0.2) is 0 Å². The Morgan fingerprint density at radius 1 is 1.64 bits per heavy atom. The minimum Gasteiger partial charge on any atom is -0.465 e. The van der Waals surface area contributed by atoms with E-state index in [9.17, 15) is 4.79 Å². The molecular formula is C9H6ClNO2S. The van der Waals surface area contributed by atoms with E-state index in [-0.39, 0.29) is 16.1 Å². The molecule has 0 atom stereocenters. The molecule has 5 heteroatoms. The Kier molecular flexibility index (Phi) is 3.39. The van der Waals surface area contributed by atoms with Gasteiger partial charge in [0.25, 0.3) is 0 Å². The second-order valence-corrected chi connectivity index (χ2v) is 3.34. The maximum absolute atomic E-state index is 11.2. The van der Waals surface area contributed by atoms with Gasteiger partial charge in [-0.05, 0) is 12.1 Å². The fourth-order valence-corrected chi connectivity index (χ4v) is 1.41. The second-order valence-electron chi connectivity index (χ2n) is 2.45. The average molecular weight is 228 g/mol. The van der Waals surface area contributed by atoms with Crippen LogP contribution in [-0.4, -0.2) is 13.1 Å². The van der Waals surface area contributed by atoms with E-state index in [1.165, 1.54) is 19.2 Å². The lowest BCUT2D eigenvalue weighted by atomic mass is 10.1. The van der Waals surface area contributed by atoms with Crippen molar-refractivity contribution in [1.29, 1.82) is 5.26 Å². The lowest BCUT2D eigenvalue weighted by molar-refractivity contribution is 0.0597. The zero-order chi connectivity index (χ0) is 10.7. The maximum Gasteiger partial charge on any atom is 0.339 e. The van der Waals surface area contributed by atoms with Crippen molar-refractivity contribution < 1.29 is 9.53 Å². The smallest absolute Gasteiger partial charge is 0.339 e. The standard InChI is InChI=1S/C9H6ClNO2S/c1-13-9(12)6-3-7(10)5(4-11)2-8(6)14/h2-3,14H,1H3. The minimum absolute atomic E-state index is 0.214. The number of methoxy groups -OCH3 is 1. The number of hydrogen-bond donors (Lipinski definition) is 1. The van der Waals surface area contributed by atoms with E-state index in [1.807, 2.05) is 6.07 Å². The molecule has 0 spiro atoms. The first-order chi connectivity index (χ1) is 6.60. The van der Waals surface area contributed by atoms with Gasteiger partial charge in [-0.3, -0.25) is 0 Å². The average Bonchev–Trinajstić information content (AvgIpc) is 2.19. The number of hydrogen-bond acceptors (Lipinski definition) is 4. The number of nitrogens with zero attached hydrogens (tertiary/aromatic N) is 1. The fraction of sp³-hybridized carbons (Fsp3) is 0.111. The van der Waals surface area contributed by atoms with Crippen LogP contribution in [0.4, 0.5) is 0 Å². The summed E-state index contributed by atoms with van der Waals surface area (Å²) in [7, 11) is 1.27. The number of thiol groups is 1. The second kappa shape index (κ2) is 4.36. The zero-order valence-electron chi connectivity index (χ0n) is 7.24. The number of carbonyl (C=O) groups is 1. The van der Waals surface area contributed by atoms with Gasteiger partial charge in [0.1, 0.15) is 6.07 Å². The highest BCUT2D eigenvalue weighted by Gasteiger charge is 2.12. The molecule has 1 aromatic rings. The van der Waals surface area contributed by atoms with Gasteiger partial charge in [0.05, 0.1) is 23.3 Å². The summed E-state index contributed by atoms with van der Waals surface area (Å²) < 4.78 is 4.52. The molecule has 0 saturated carbocycles. The van der Waals surface area contributed by atoms with Crippen LogP contribution in [-0.2, 0) is 4.74 Å². The summed E-state index contributed by atoms with van der Waals surface area (Å²) in [6.07, 6.45) is 0. The van der Waals surface area contributed by atoms with Crippen LogP contribution in [0.2, 0.25) is 5.02 Å². The molecule has 0 saturated heterocycles. The molecule has 0 aliphatic rings. The number of benzene rings is 1. The molecule has 0 amide bonds. The van der Waals surface area contributed by atoms with Crippen LogP contribution in [0.25, 0.3) is 0 Å². The summed E-state index contributed by atoms with van der Waals surface area (Å²) >= 11 is 9.79. The van der Waals surface area contributed by atoms with Gasteiger partial charge in [-0.1, -0.05) is 11.6 Å². The molecule has 1 aromatic carbocycles. The van der Waals surface area contributed by atoms with E-state index in [0.29, 0.717) is 4.90 Å². The number of ether oxygens (including phenoxy) is 1. The minimum atomic E-state index is -0.526. The molecule has 0 heterocycles. The van der Waals surface area contributed by atoms with E-state index >= 15 is 0 Å². The molecule has 14 heavy (non-hydrogen) atoms. The van der Waals surface area contributed by atoms with Gasteiger partial charge in [0, 0.05) is 4.90 Å². The summed E-state index contributed by atoms with van der Waals surface area (Å²) in [5.41, 5.74) is 0.532. The number of halogens is 1. The van der Waals surface area contributed by atoms with Crippen molar-refractivity contribution in [3.05, 3.63) is 28.3 Å². The first kappa shape index (κ1) is 10.9. The first-order valence-corrected chi connectivity index (χ1v) is 4.43. The van der Waals surface area contributed by atoms with Crippen molar-refractivity contribution in [1.82, 2.24) is 0 Å². The first-order valence-electron chi connectivity index (χ1n) is 3.61. The topological polar surface area (TPSA) is 50.1 Å². The Labute approximate surface area is 91.7 Å². The monoisotopic (exact) mass is 227 g/mol. The maximum atomic E-state index is 11.2. The highest BCUT2D eigenvalue weighted by atomic mass is 35.5. The molecular weight excluding hydrogens is 222 g/mol. The molecule has 0 aliphatic heterocycles. The number of carbonyl (C=O) groups excluding carboxylic acids is 1. The molecule has 0 fully saturated rings. The summed E-state index contributed by atoms with van der Waals surface area (Å²) in [6, 6.07) is 4.68. The largest absolute Gasteiger partial charge is 0.465 e. The zero-order valence-corrected chi connectivity index (χ0v) is 8.89. The van der Waals surface area contributed by atoms with E-state index in [1.54, 1.807) is 0 Å². The lowest BCUT2D eigenvalue weighted by Crippen LogP contribution is -2.02. The number of rotatable bonds is 1. The van der Waals surface area contributed by atoms with Gasteiger partial charge in [-0.2, -0.15) is 5.26 Å². The normalized spacial score (nSPS) is 9.29. The number of esters is 1. The molecule has 72 valence electrons. The molecule has 0 bridgehead atoms. The van der Waals surface area contributed by atoms with Crippen molar-refractivity contribution in [2.24, 2.45) is 0 Å². The highest BCUT2D eigenvalue weighted by molar-refractivity contribution is 7.80. The SMILES string of the molecule is COC(=O)c1cc(Cl)c(C#N)cc1S. The fourth-order valence-electron chi connectivity index (χ4n) is 0.921. The molecule has 0 N–H and O–H groups in total. The van der Waals surface area contributed by atoms with Crippen LogP contribution in [0.15, 0.2) is 17.0 Å². The van der Waals surface area contributed by atoms with Gasteiger partial charge in [-0.25, -0.2) is 4.79 Å². The van der Waals surface area contributed by atoms with Gasteiger partial charge >= 0.3 is 5.97 Å². The van der Waals surface area contributed by atoms with Crippen molar-refractivity contribution in [3.63, 3.8) is 0 Å². The van der Waals surface area contributed by atoms with E-state index in [0.717, 1.165) is 0 Å². The summed E-state index contributed by atoms with van der Waals surface area (Å²) in [6.45, 7) is 0. The Bertz CT molecular complexity index is 426. The predicted octanol–water partition coefficient (Wildman–Crippen LogP) is 2.29. The molecule has 1 rings (SSSR count). The molecule has 0 unspecified atom stereocenters. The Morgan fingerprint density at radius 3 is 2.79 bits per heavy atom. The quantitative estimate of drug-likeness (QED) is 0.592. The van der Waals surface area contributed by atoms with Crippen LogP contribution in [0, 0.1) is 11.3 Å². The Balaban J connectivity index is 3.30. The van der Waals surface area contributed by atoms with Crippen LogP contribution >= 0.6 is 24.2 Å². The number of nitriles is 1. The molecule has 0 aromatic heterocycles. The third kappa shape index (κ3) is 2.00. The van der Waals surface area contributed by atoms with Crippen LogP contribution < -0.4 is 0 Å². The van der Waals surface area contributed by atoms with Gasteiger partial charge in [-0.15, -0.1) is 12.6 Å². The molecule has 0 radical (unpaired) electrons. The molecule has 0 aliphatic carbocycles. The predicted molar refractivity (Wildman–Crippen MR) is 54.8 cm³/mol. The van der Waals surface area contributed by atoms with E-state index in [2.05, 4.69) is 17.4 Å². The van der Waals surface area contributed by atoms with Crippen LogP contribution in [0.1, 0.15) is 15.9 Å². The van der Waals surface area contributed by atoms with Crippen molar-refractivity contribution in [2.75, 3.05) is 7.11 Å². The van der Waals surface area contributed by atoms with Crippen molar-refractivity contribution in [3.8, 4) is 6.07 Å².